The van der Waals surface area contributed by atoms with Crippen molar-refractivity contribution in [1.82, 2.24) is 15.2 Å². The average Bonchev–Trinajstić information content (AvgIpc) is 3.16. The molecule has 1 saturated carbocycles. The zero-order valence-electron chi connectivity index (χ0n) is 19.0. The van der Waals surface area contributed by atoms with Crippen LogP contribution in [0.2, 0.25) is 0 Å². The zero-order chi connectivity index (χ0) is 24.0. The van der Waals surface area contributed by atoms with Crippen molar-refractivity contribution in [3.05, 3.63) is 29.3 Å². The lowest BCUT2D eigenvalue weighted by atomic mass is 9.81. The third-order valence-corrected chi connectivity index (χ3v) is 5.77. The Morgan fingerprint density at radius 2 is 1.88 bits per heavy atom. The van der Waals surface area contributed by atoms with Gasteiger partial charge in [0.25, 0.3) is 5.89 Å². The fourth-order valence-corrected chi connectivity index (χ4v) is 3.96. The number of nitrogens with one attached hydrogen (secondary N) is 1. The first-order valence-electron chi connectivity index (χ1n) is 10.8. The lowest BCUT2D eigenvalue weighted by molar-refractivity contribution is -0.153. The number of rotatable bonds is 6. The molecule has 1 aromatic carbocycles. The molecule has 2 N–H and O–H groups in total. The number of nitrogens with zero attached hydrogens (tertiary/aromatic N) is 3. The number of aryl methyl sites for hydroxylation is 1. The molecule has 0 bridgehead atoms. The summed E-state index contributed by atoms with van der Waals surface area (Å²) < 4.78 is 48.8. The van der Waals surface area contributed by atoms with Crippen LogP contribution in [0, 0.1) is 12.8 Å². The number of fused-ring (bicyclic) bond motifs is 1. The highest BCUT2D eigenvalue weighted by Gasteiger charge is 2.30. The van der Waals surface area contributed by atoms with Crippen LogP contribution in [0.5, 0.6) is 5.75 Å². The molecule has 0 unspecified atom stereocenters. The Bertz CT molecular complexity index is 1150. The third kappa shape index (κ3) is 5.21. The van der Waals surface area contributed by atoms with Crippen molar-refractivity contribution in [3.8, 4) is 17.3 Å². The van der Waals surface area contributed by atoms with E-state index >= 15 is 0 Å². The zero-order valence-corrected chi connectivity index (χ0v) is 19.0. The van der Waals surface area contributed by atoms with Crippen LogP contribution >= 0.6 is 0 Å². The van der Waals surface area contributed by atoms with Crippen molar-refractivity contribution in [3.63, 3.8) is 0 Å². The molecule has 0 radical (unpaired) electrons. The molecule has 3 aromatic rings. The van der Waals surface area contributed by atoms with Gasteiger partial charge >= 0.3 is 12.2 Å². The van der Waals surface area contributed by atoms with Crippen LogP contribution in [0.4, 0.5) is 19.2 Å². The molecule has 0 amide bonds. The summed E-state index contributed by atoms with van der Waals surface area (Å²) in [4.78, 5) is 4.74. The van der Waals surface area contributed by atoms with E-state index in [1.165, 1.54) is 0 Å². The number of alkyl halides is 3. The summed E-state index contributed by atoms with van der Waals surface area (Å²) >= 11 is 0. The predicted molar refractivity (Wildman–Crippen MR) is 117 cm³/mol. The van der Waals surface area contributed by atoms with E-state index < -0.39 is 18.2 Å². The Balaban J connectivity index is 1.67. The first-order chi connectivity index (χ1) is 15.4. The maximum Gasteiger partial charge on any atom is 0.422 e. The van der Waals surface area contributed by atoms with Gasteiger partial charge in [-0.2, -0.15) is 13.2 Å². The molecular weight excluding hydrogens is 437 g/mol. The second-order valence-corrected chi connectivity index (χ2v) is 9.62. The fraction of sp³-hybridized carbons (Fsp3) is 0.522. The van der Waals surface area contributed by atoms with Gasteiger partial charge in [0, 0.05) is 18.0 Å². The molecule has 0 atom stereocenters. The standard InChI is InChI=1S/C23H27F3N4O3/c1-12-5-18(20-29-30-21(33-20)27-14-6-13(7-14)10-31)28-19-16(12)8-15(32-11-23(24,25)26)9-17(19)22(2,3)4/h5,8-9,13-14,31H,6-7,10-11H2,1-4H3,(H,27,30)/t13-,14+. The molecule has 33 heavy (non-hydrogen) atoms. The molecule has 7 nitrogen and oxygen atoms in total. The van der Waals surface area contributed by atoms with Crippen molar-refractivity contribution in [2.45, 2.75) is 58.2 Å². The predicted octanol–water partition coefficient (Wildman–Crippen LogP) is 5.01. The fourth-order valence-electron chi connectivity index (χ4n) is 3.96. The van der Waals surface area contributed by atoms with Gasteiger partial charge in [0.15, 0.2) is 6.61 Å². The summed E-state index contributed by atoms with van der Waals surface area (Å²) in [7, 11) is 0. The van der Waals surface area contributed by atoms with E-state index in [4.69, 9.17) is 19.2 Å². The van der Waals surface area contributed by atoms with E-state index in [1.807, 2.05) is 27.7 Å². The minimum atomic E-state index is -4.42. The number of hydrogen-bond acceptors (Lipinski definition) is 7. The van der Waals surface area contributed by atoms with Gasteiger partial charge < -0.3 is 19.6 Å². The number of hydrogen-bond donors (Lipinski definition) is 2. The van der Waals surface area contributed by atoms with Gasteiger partial charge in [0.2, 0.25) is 0 Å². The quantitative estimate of drug-likeness (QED) is 0.529. The molecule has 2 aromatic heterocycles. The van der Waals surface area contributed by atoms with Crippen LogP contribution in [-0.2, 0) is 5.41 Å². The Kier molecular flexibility index (Phi) is 5.98. The van der Waals surface area contributed by atoms with Crippen LogP contribution in [0.15, 0.2) is 22.6 Å². The summed E-state index contributed by atoms with van der Waals surface area (Å²) in [5.74, 6) is 0.696. The summed E-state index contributed by atoms with van der Waals surface area (Å²) in [5.41, 5.74) is 2.29. The Morgan fingerprint density at radius 3 is 2.52 bits per heavy atom. The van der Waals surface area contributed by atoms with Crippen molar-refractivity contribution in [2.24, 2.45) is 5.92 Å². The second-order valence-electron chi connectivity index (χ2n) is 9.62. The third-order valence-electron chi connectivity index (χ3n) is 5.77. The van der Waals surface area contributed by atoms with E-state index in [1.54, 1.807) is 18.2 Å². The topological polar surface area (TPSA) is 93.3 Å². The molecule has 4 rings (SSSR count). The summed E-state index contributed by atoms with van der Waals surface area (Å²) in [5, 5.41) is 21.2. The van der Waals surface area contributed by atoms with Gasteiger partial charge in [-0.1, -0.05) is 25.9 Å². The van der Waals surface area contributed by atoms with Crippen LogP contribution in [0.3, 0.4) is 0 Å². The lowest BCUT2D eigenvalue weighted by Crippen LogP contribution is -2.37. The number of benzene rings is 1. The Morgan fingerprint density at radius 1 is 1.15 bits per heavy atom. The molecule has 1 aliphatic rings. The van der Waals surface area contributed by atoms with Crippen molar-refractivity contribution < 1.29 is 27.4 Å². The van der Waals surface area contributed by atoms with Crippen LogP contribution in [-0.4, -0.2) is 45.7 Å². The largest absolute Gasteiger partial charge is 0.484 e. The SMILES string of the molecule is Cc1cc(-c2nnc(N[C@H]3C[C@@H](CO)C3)o2)nc2c(C(C)(C)C)cc(OCC(F)(F)F)cc12. The minimum Gasteiger partial charge on any atom is -0.484 e. The highest BCUT2D eigenvalue weighted by atomic mass is 19.4. The second kappa shape index (κ2) is 8.48. The number of aromatic nitrogens is 3. The van der Waals surface area contributed by atoms with Gasteiger partial charge in [-0.25, -0.2) is 4.98 Å². The number of aliphatic hydroxyl groups excluding tert-OH is 1. The number of anilines is 1. The number of aliphatic hydroxyl groups is 1. The monoisotopic (exact) mass is 464 g/mol. The summed E-state index contributed by atoms with van der Waals surface area (Å²) in [6.45, 7) is 6.56. The van der Waals surface area contributed by atoms with Crippen molar-refractivity contribution >= 4 is 16.9 Å². The molecule has 0 aliphatic heterocycles. The van der Waals surface area contributed by atoms with Crippen LogP contribution in [0.1, 0.15) is 44.7 Å². The average molecular weight is 464 g/mol. The highest BCUT2D eigenvalue weighted by molar-refractivity contribution is 5.89. The molecule has 10 heteroatoms. The van der Waals surface area contributed by atoms with Gasteiger partial charge in [-0.15, -0.1) is 5.10 Å². The normalized spacial score (nSPS) is 18.9. The smallest absolute Gasteiger partial charge is 0.422 e. The van der Waals surface area contributed by atoms with Crippen LogP contribution < -0.4 is 10.1 Å². The first kappa shape index (κ1) is 23.3. The number of halogens is 3. The molecule has 0 saturated heterocycles. The molecule has 178 valence electrons. The molecule has 0 spiro atoms. The highest BCUT2D eigenvalue weighted by Crippen LogP contribution is 2.37. The molecule has 2 heterocycles. The van der Waals surface area contributed by atoms with E-state index in [9.17, 15) is 13.2 Å². The molecule has 1 aliphatic carbocycles. The van der Waals surface area contributed by atoms with E-state index in [-0.39, 0.29) is 30.3 Å². The summed E-state index contributed by atoms with van der Waals surface area (Å²) in [6.07, 6.45) is -2.74. The van der Waals surface area contributed by atoms with E-state index in [2.05, 4.69) is 15.5 Å². The minimum absolute atomic E-state index is 0.147. The maximum atomic E-state index is 12.7. The van der Waals surface area contributed by atoms with Crippen molar-refractivity contribution in [1.29, 1.82) is 0 Å². The Hall–Kier alpha value is -2.88. The lowest BCUT2D eigenvalue weighted by Gasteiger charge is -2.33. The Labute approximate surface area is 189 Å². The van der Waals surface area contributed by atoms with Crippen LogP contribution in [0.25, 0.3) is 22.5 Å². The van der Waals surface area contributed by atoms with Crippen molar-refractivity contribution in [2.75, 3.05) is 18.5 Å². The van der Waals surface area contributed by atoms with E-state index in [0.717, 1.165) is 24.0 Å². The molecule has 1 fully saturated rings. The van der Waals surface area contributed by atoms with E-state index in [0.29, 0.717) is 22.5 Å². The number of ether oxygens (including phenoxy) is 1. The van der Waals surface area contributed by atoms with Gasteiger partial charge in [0.05, 0.1) is 5.52 Å². The summed E-state index contributed by atoms with van der Waals surface area (Å²) in [6, 6.07) is 5.43. The van der Waals surface area contributed by atoms with Gasteiger partial charge in [0.1, 0.15) is 11.4 Å². The van der Waals surface area contributed by atoms with Gasteiger partial charge in [-0.3, -0.25) is 0 Å². The first-order valence-corrected chi connectivity index (χ1v) is 10.8. The van der Waals surface area contributed by atoms with Gasteiger partial charge in [-0.05, 0) is 60.4 Å². The molecular formula is C23H27F3N4O3. The maximum absolute atomic E-state index is 12.7. The number of pyridine rings is 1.